The van der Waals surface area contributed by atoms with Gasteiger partial charge in [0.2, 0.25) is 0 Å². The summed E-state index contributed by atoms with van der Waals surface area (Å²) in [6.07, 6.45) is 52.4. The molecule has 0 atom stereocenters. The van der Waals surface area contributed by atoms with Crippen molar-refractivity contribution in [3.63, 3.8) is 0 Å². The molecule has 0 saturated heterocycles. The van der Waals surface area contributed by atoms with E-state index in [0.717, 1.165) is 0 Å². The summed E-state index contributed by atoms with van der Waals surface area (Å²) in [6.45, 7) is 4.60. The molecule has 0 aromatic heterocycles. The molecule has 0 aromatic rings. The van der Waals surface area contributed by atoms with E-state index < -0.39 is 0 Å². The average molecular weight is 503 g/mol. The Bertz CT molecular complexity index is 378. The van der Waals surface area contributed by atoms with Gasteiger partial charge in [-0.25, -0.2) is 0 Å². The molecule has 0 saturated carbocycles. The summed E-state index contributed by atoms with van der Waals surface area (Å²) in [5.74, 6) is 0. The fourth-order valence-corrected chi connectivity index (χ4v) is 5.26. The number of hydrogen-bond donors (Lipinski definition) is 0. The first-order valence-electron chi connectivity index (χ1n) is 17.2. The topological polar surface area (TPSA) is 0 Å². The molecule has 0 amide bonds. The predicted octanol–water partition coefficient (Wildman–Crippen LogP) is 13.8. The molecular weight excluding hydrogens is 432 g/mol. The third-order valence-electron chi connectivity index (χ3n) is 7.83. The number of hydrogen-bond acceptors (Lipinski definition) is 0. The molecule has 0 radical (unpaired) electrons. The van der Waals surface area contributed by atoms with E-state index in [1.807, 2.05) is 0 Å². The van der Waals surface area contributed by atoms with Crippen molar-refractivity contribution in [2.75, 3.05) is 0 Å². The minimum Gasteiger partial charge on any atom is -0.0845 e. The fraction of sp³-hybridized carbons (Fsp3) is 0.889. The quantitative estimate of drug-likeness (QED) is 0.0653. The molecule has 0 aromatic carbocycles. The zero-order chi connectivity index (χ0) is 26.0. The molecular formula is C36H70. The maximum absolute atomic E-state index is 2.38. The Morgan fingerprint density at radius 3 is 0.667 bits per heavy atom. The minimum atomic E-state index is 1.27. The molecule has 36 heavy (non-hydrogen) atoms. The molecule has 0 heteroatoms. The third-order valence-corrected chi connectivity index (χ3v) is 7.83. The van der Waals surface area contributed by atoms with Gasteiger partial charge < -0.3 is 0 Å². The van der Waals surface area contributed by atoms with Crippen molar-refractivity contribution in [1.29, 1.82) is 0 Å². The van der Waals surface area contributed by atoms with Crippen LogP contribution < -0.4 is 0 Å². The van der Waals surface area contributed by atoms with E-state index in [-0.39, 0.29) is 0 Å². The molecule has 0 rings (SSSR count). The Hall–Kier alpha value is -0.520. The van der Waals surface area contributed by atoms with Gasteiger partial charge in [0.1, 0.15) is 0 Å². The SMILES string of the molecule is CCCCCCCCCCCCCCCCC=CC=CCCCCCCCCCCCCCCCC. The lowest BCUT2D eigenvalue weighted by atomic mass is 10.0. The molecule has 0 aliphatic carbocycles. The fourth-order valence-electron chi connectivity index (χ4n) is 5.26. The van der Waals surface area contributed by atoms with Crippen molar-refractivity contribution in [2.45, 2.75) is 206 Å². The lowest BCUT2D eigenvalue weighted by molar-refractivity contribution is 0.536. The standard InChI is InChI=1S/C36H70/c1-3-5-7-9-11-13-15-17-19-21-23-25-27-29-31-33-35-36-34-32-30-28-26-24-22-20-18-16-14-12-10-8-6-4-2/h33-36H,3-32H2,1-2H3. The van der Waals surface area contributed by atoms with Crippen LogP contribution in [-0.4, -0.2) is 0 Å². The zero-order valence-corrected chi connectivity index (χ0v) is 25.5. The molecule has 0 unspecified atom stereocenters. The summed E-state index contributed by atoms with van der Waals surface area (Å²) in [6, 6.07) is 0. The van der Waals surface area contributed by atoms with Gasteiger partial charge >= 0.3 is 0 Å². The average Bonchev–Trinajstić information content (AvgIpc) is 2.89. The minimum absolute atomic E-state index is 1.27. The highest BCUT2D eigenvalue weighted by Crippen LogP contribution is 2.15. The summed E-state index contributed by atoms with van der Waals surface area (Å²) in [4.78, 5) is 0. The van der Waals surface area contributed by atoms with Gasteiger partial charge in [-0.2, -0.15) is 0 Å². The van der Waals surface area contributed by atoms with E-state index >= 15 is 0 Å². The van der Waals surface area contributed by atoms with Crippen LogP contribution in [0.5, 0.6) is 0 Å². The van der Waals surface area contributed by atoms with Crippen LogP contribution >= 0.6 is 0 Å². The monoisotopic (exact) mass is 503 g/mol. The molecule has 214 valence electrons. The van der Waals surface area contributed by atoms with Crippen molar-refractivity contribution >= 4 is 0 Å². The number of rotatable bonds is 31. The van der Waals surface area contributed by atoms with Crippen LogP contribution in [-0.2, 0) is 0 Å². The Kier molecular flexibility index (Phi) is 34.0. The Morgan fingerprint density at radius 2 is 0.444 bits per heavy atom. The van der Waals surface area contributed by atoms with Crippen LogP contribution in [0, 0.1) is 0 Å². The highest BCUT2D eigenvalue weighted by molar-refractivity contribution is 5.02. The summed E-state index contributed by atoms with van der Waals surface area (Å²) in [7, 11) is 0. The maximum Gasteiger partial charge on any atom is -0.0348 e. The van der Waals surface area contributed by atoms with Crippen LogP contribution in [0.15, 0.2) is 24.3 Å². The van der Waals surface area contributed by atoms with Crippen molar-refractivity contribution in [1.82, 2.24) is 0 Å². The van der Waals surface area contributed by atoms with Crippen LogP contribution in [0.1, 0.15) is 206 Å². The summed E-state index contributed by atoms with van der Waals surface area (Å²) in [5, 5.41) is 0. The van der Waals surface area contributed by atoms with Gasteiger partial charge in [0.15, 0.2) is 0 Å². The summed E-state index contributed by atoms with van der Waals surface area (Å²) >= 11 is 0. The first-order chi connectivity index (χ1) is 17.9. The lowest BCUT2D eigenvalue weighted by Crippen LogP contribution is -1.83. The predicted molar refractivity (Wildman–Crippen MR) is 168 cm³/mol. The van der Waals surface area contributed by atoms with Gasteiger partial charge in [0.05, 0.1) is 0 Å². The highest BCUT2D eigenvalue weighted by Gasteiger charge is 1.95. The van der Waals surface area contributed by atoms with E-state index in [2.05, 4.69) is 38.2 Å². The van der Waals surface area contributed by atoms with Crippen LogP contribution in [0.25, 0.3) is 0 Å². The molecule has 0 aliphatic heterocycles. The molecule has 0 bridgehead atoms. The summed E-state index contributed by atoms with van der Waals surface area (Å²) in [5.41, 5.74) is 0. The highest BCUT2D eigenvalue weighted by atomic mass is 14.0. The Labute approximate surface area is 230 Å². The largest absolute Gasteiger partial charge is 0.0845 e. The van der Waals surface area contributed by atoms with E-state index in [4.69, 9.17) is 0 Å². The zero-order valence-electron chi connectivity index (χ0n) is 25.5. The molecule has 0 N–H and O–H groups in total. The Balaban J connectivity index is 3.14. The van der Waals surface area contributed by atoms with Gasteiger partial charge in [-0.3, -0.25) is 0 Å². The van der Waals surface area contributed by atoms with Crippen molar-refractivity contribution < 1.29 is 0 Å². The van der Waals surface area contributed by atoms with E-state index in [9.17, 15) is 0 Å². The van der Waals surface area contributed by atoms with Crippen LogP contribution in [0.2, 0.25) is 0 Å². The molecule has 0 fully saturated rings. The normalized spacial score (nSPS) is 11.9. The summed E-state index contributed by atoms with van der Waals surface area (Å²) < 4.78 is 0. The molecule has 0 nitrogen and oxygen atoms in total. The lowest BCUT2D eigenvalue weighted by Gasteiger charge is -2.03. The number of allylic oxidation sites excluding steroid dienone is 4. The van der Waals surface area contributed by atoms with E-state index in [0.29, 0.717) is 0 Å². The van der Waals surface area contributed by atoms with Gasteiger partial charge in [-0.15, -0.1) is 0 Å². The van der Waals surface area contributed by atoms with E-state index in [1.165, 1.54) is 193 Å². The van der Waals surface area contributed by atoms with Gasteiger partial charge in [0.25, 0.3) is 0 Å². The second-order valence-electron chi connectivity index (χ2n) is 11.6. The van der Waals surface area contributed by atoms with E-state index in [1.54, 1.807) is 0 Å². The van der Waals surface area contributed by atoms with Gasteiger partial charge in [-0.1, -0.05) is 205 Å². The first kappa shape index (κ1) is 35.5. The van der Waals surface area contributed by atoms with Crippen molar-refractivity contribution in [3.05, 3.63) is 24.3 Å². The second kappa shape index (κ2) is 34.5. The smallest absolute Gasteiger partial charge is 0.0348 e. The van der Waals surface area contributed by atoms with Gasteiger partial charge in [0, 0.05) is 0 Å². The van der Waals surface area contributed by atoms with Crippen molar-refractivity contribution in [3.8, 4) is 0 Å². The first-order valence-corrected chi connectivity index (χ1v) is 17.2. The Morgan fingerprint density at radius 1 is 0.250 bits per heavy atom. The maximum atomic E-state index is 2.38. The number of unbranched alkanes of at least 4 members (excludes halogenated alkanes) is 28. The van der Waals surface area contributed by atoms with Crippen LogP contribution in [0.4, 0.5) is 0 Å². The molecule has 0 aliphatic rings. The third kappa shape index (κ3) is 33.5. The molecule has 0 spiro atoms. The second-order valence-corrected chi connectivity index (χ2v) is 11.6. The van der Waals surface area contributed by atoms with Crippen LogP contribution in [0.3, 0.4) is 0 Å². The molecule has 0 heterocycles. The van der Waals surface area contributed by atoms with Gasteiger partial charge in [-0.05, 0) is 25.7 Å². The van der Waals surface area contributed by atoms with Crippen molar-refractivity contribution in [2.24, 2.45) is 0 Å².